The maximum absolute atomic E-state index is 3.97. The first-order valence-electron chi connectivity index (χ1n) is 7.28. The first-order valence-corrected chi connectivity index (χ1v) is 8.32. The van der Waals surface area contributed by atoms with E-state index < -0.39 is 0 Å². The zero-order chi connectivity index (χ0) is 11.2. The summed E-state index contributed by atoms with van der Waals surface area (Å²) >= 11 is 2.19. The van der Waals surface area contributed by atoms with Gasteiger partial charge in [0.1, 0.15) is 0 Å². The molecule has 0 aromatic carbocycles. The minimum absolute atomic E-state index is 0.821. The third-order valence-electron chi connectivity index (χ3n) is 4.14. The highest BCUT2D eigenvalue weighted by molar-refractivity contribution is 7.99. The Labute approximate surface area is 105 Å². The summed E-state index contributed by atoms with van der Waals surface area (Å²) in [5.41, 5.74) is 0. The largest absolute Gasteiger partial charge is 0.310 e. The van der Waals surface area contributed by atoms with Crippen molar-refractivity contribution in [3.63, 3.8) is 0 Å². The van der Waals surface area contributed by atoms with E-state index in [2.05, 4.69) is 24.0 Å². The zero-order valence-corrected chi connectivity index (χ0v) is 11.5. The van der Waals surface area contributed by atoms with E-state index in [4.69, 9.17) is 0 Å². The fourth-order valence-electron chi connectivity index (χ4n) is 3.27. The van der Waals surface area contributed by atoms with Crippen LogP contribution in [-0.2, 0) is 0 Å². The van der Waals surface area contributed by atoms with Crippen molar-refractivity contribution in [2.75, 3.05) is 5.75 Å². The summed E-state index contributed by atoms with van der Waals surface area (Å²) in [4.78, 5) is 0. The molecule has 94 valence electrons. The van der Waals surface area contributed by atoms with E-state index in [1.165, 1.54) is 63.5 Å². The van der Waals surface area contributed by atoms with Crippen LogP contribution in [0.5, 0.6) is 0 Å². The minimum atomic E-state index is 0.821. The molecule has 0 bridgehead atoms. The molecule has 2 unspecified atom stereocenters. The van der Waals surface area contributed by atoms with Gasteiger partial charge in [-0.05, 0) is 31.4 Å². The molecular weight excluding hydrogens is 214 g/mol. The first-order chi connectivity index (χ1) is 7.90. The fourth-order valence-corrected chi connectivity index (χ4v) is 4.48. The molecule has 0 radical (unpaired) electrons. The van der Waals surface area contributed by atoms with Crippen LogP contribution in [0.4, 0.5) is 0 Å². The Morgan fingerprint density at radius 3 is 2.38 bits per heavy atom. The summed E-state index contributed by atoms with van der Waals surface area (Å²) in [5.74, 6) is 1.29. The van der Waals surface area contributed by atoms with Crippen LogP contribution in [0.2, 0.25) is 0 Å². The molecule has 0 aliphatic heterocycles. The second-order valence-electron chi connectivity index (χ2n) is 5.39. The highest BCUT2D eigenvalue weighted by atomic mass is 32.2. The van der Waals surface area contributed by atoms with Crippen LogP contribution in [0.15, 0.2) is 0 Å². The Balaban J connectivity index is 1.80. The lowest BCUT2D eigenvalue weighted by Crippen LogP contribution is -2.46. The Morgan fingerprint density at radius 2 is 1.62 bits per heavy atom. The molecular formula is C14H27NS. The molecule has 1 nitrogen and oxygen atoms in total. The molecule has 0 aromatic rings. The van der Waals surface area contributed by atoms with Crippen molar-refractivity contribution in [3.05, 3.63) is 0 Å². The van der Waals surface area contributed by atoms with Gasteiger partial charge in [0.25, 0.3) is 0 Å². The lowest BCUT2D eigenvalue weighted by molar-refractivity contribution is 0.296. The monoisotopic (exact) mass is 241 g/mol. The molecule has 1 N–H and O–H groups in total. The van der Waals surface area contributed by atoms with Crippen molar-refractivity contribution in [1.82, 2.24) is 5.32 Å². The number of rotatable bonds is 4. The van der Waals surface area contributed by atoms with Gasteiger partial charge in [0, 0.05) is 17.3 Å². The van der Waals surface area contributed by atoms with Crippen molar-refractivity contribution in [2.24, 2.45) is 0 Å². The molecule has 0 heterocycles. The zero-order valence-electron chi connectivity index (χ0n) is 10.7. The molecule has 2 aliphatic rings. The highest BCUT2D eigenvalue weighted by Crippen LogP contribution is 2.30. The van der Waals surface area contributed by atoms with Gasteiger partial charge in [-0.1, -0.05) is 39.0 Å². The number of thioether (sulfide) groups is 1. The van der Waals surface area contributed by atoms with E-state index in [9.17, 15) is 0 Å². The Kier molecular flexibility index (Phi) is 5.51. The van der Waals surface area contributed by atoms with Gasteiger partial charge in [0.15, 0.2) is 0 Å². The van der Waals surface area contributed by atoms with Crippen LogP contribution in [-0.4, -0.2) is 23.1 Å². The molecule has 2 atom stereocenters. The highest BCUT2D eigenvalue weighted by Gasteiger charge is 2.27. The van der Waals surface area contributed by atoms with E-state index in [1.807, 2.05) is 0 Å². The first kappa shape index (κ1) is 12.8. The molecule has 2 rings (SSSR count). The molecule has 0 saturated heterocycles. The van der Waals surface area contributed by atoms with Crippen molar-refractivity contribution >= 4 is 11.8 Å². The molecule has 16 heavy (non-hydrogen) atoms. The summed E-state index contributed by atoms with van der Waals surface area (Å²) in [5, 5.41) is 4.88. The SMILES string of the molecule is CCSC1CCCCC1NC1CCCCC1. The third kappa shape index (κ3) is 3.66. The van der Waals surface area contributed by atoms with Crippen LogP contribution in [0, 0.1) is 0 Å². The van der Waals surface area contributed by atoms with Gasteiger partial charge in [0.2, 0.25) is 0 Å². The molecule has 2 fully saturated rings. The second-order valence-corrected chi connectivity index (χ2v) is 6.90. The minimum Gasteiger partial charge on any atom is -0.310 e. The van der Waals surface area contributed by atoms with E-state index in [-0.39, 0.29) is 0 Å². The lowest BCUT2D eigenvalue weighted by Gasteiger charge is -2.36. The summed E-state index contributed by atoms with van der Waals surface area (Å²) in [7, 11) is 0. The van der Waals surface area contributed by atoms with Crippen molar-refractivity contribution in [1.29, 1.82) is 0 Å². The van der Waals surface area contributed by atoms with Crippen LogP contribution < -0.4 is 5.32 Å². The maximum atomic E-state index is 3.97. The molecule has 2 aliphatic carbocycles. The lowest BCUT2D eigenvalue weighted by atomic mass is 9.90. The second kappa shape index (κ2) is 6.90. The van der Waals surface area contributed by atoms with Crippen LogP contribution in [0.1, 0.15) is 64.7 Å². The summed E-state index contributed by atoms with van der Waals surface area (Å²) in [6.45, 7) is 2.30. The standard InChI is InChI=1S/C14H27NS/c1-2-16-14-11-7-6-10-13(14)15-12-8-4-3-5-9-12/h12-15H,2-11H2,1H3. The van der Waals surface area contributed by atoms with Crippen molar-refractivity contribution < 1.29 is 0 Å². The van der Waals surface area contributed by atoms with E-state index >= 15 is 0 Å². The van der Waals surface area contributed by atoms with Gasteiger partial charge in [-0.15, -0.1) is 0 Å². The van der Waals surface area contributed by atoms with Crippen LogP contribution in [0.25, 0.3) is 0 Å². The Bertz CT molecular complexity index is 187. The number of nitrogens with one attached hydrogen (secondary N) is 1. The molecule has 0 spiro atoms. The van der Waals surface area contributed by atoms with Crippen LogP contribution in [0.3, 0.4) is 0 Å². The number of hydrogen-bond acceptors (Lipinski definition) is 2. The Hall–Kier alpha value is 0.310. The molecule has 0 aromatic heterocycles. The maximum Gasteiger partial charge on any atom is 0.0201 e. The van der Waals surface area contributed by atoms with Gasteiger partial charge >= 0.3 is 0 Å². The third-order valence-corrected chi connectivity index (χ3v) is 5.46. The Morgan fingerprint density at radius 1 is 0.938 bits per heavy atom. The summed E-state index contributed by atoms with van der Waals surface area (Å²) in [6, 6.07) is 1.67. The predicted octanol–water partition coefficient (Wildman–Crippen LogP) is 3.97. The molecule has 2 saturated carbocycles. The average Bonchev–Trinajstić information content (AvgIpc) is 2.33. The van der Waals surface area contributed by atoms with Gasteiger partial charge in [-0.25, -0.2) is 0 Å². The van der Waals surface area contributed by atoms with Gasteiger partial charge < -0.3 is 5.32 Å². The van der Waals surface area contributed by atoms with Crippen molar-refractivity contribution in [2.45, 2.75) is 82.0 Å². The van der Waals surface area contributed by atoms with Crippen molar-refractivity contribution in [3.8, 4) is 0 Å². The molecule has 0 amide bonds. The van der Waals surface area contributed by atoms with E-state index in [1.54, 1.807) is 0 Å². The van der Waals surface area contributed by atoms with Crippen LogP contribution >= 0.6 is 11.8 Å². The predicted molar refractivity (Wildman–Crippen MR) is 74.2 cm³/mol. The smallest absolute Gasteiger partial charge is 0.0201 e. The number of hydrogen-bond donors (Lipinski definition) is 1. The average molecular weight is 241 g/mol. The van der Waals surface area contributed by atoms with E-state index in [0.29, 0.717) is 0 Å². The summed E-state index contributed by atoms with van der Waals surface area (Å²) in [6.07, 6.45) is 13.0. The van der Waals surface area contributed by atoms with E-state index in [0.717, 1.165) is 17.3 Å². The topological polar surface area (TPSA) is 12.0 Å². The van der Waals surface area contributed by atoms with Gasteiger partial charge in [-0.2, -0.15) is 11.8 Å². The quantitative estimate of drug-likeness (QED) is 0.799. The normalized spacial score (nSPS) is 32.8. The molecule has 2 heteroatoms. The van der Waals surface area contributed by atoms with Gasteiger partial charge in [-0.3, -0.25) is 0 Å². The fraction of sp³-hybridized carbons (Fsp3) is 1.00. The summed E-state index contributed by atoms with van der Waals surface area (Å²) < 4.78 is 0. The van der Waals surface area contributed by atoms with Gasteiger partial charge in [0.05, 0.1) is 0 Å².